The molecule has 6 nitrogen and oxygen atoms in total. The van der Waals surface area contributed by atoms with Crippen molar-refractivity contribution in [2.45, 2.75) is 24.9 Å². The molecule has 2 aliphatic rings. The second kappa shape index (κ2) is 4.70. The van der Waals surface area contributed by atoms with Gasteiger partial charge in [0.05, 0.1) is 12.1 Å². The predicted molar refractivity (Wildman–Crippen MR) is 75.6 cm³/mol. The molecule has 0 radical (unpaired) electrons. The Balaban J connectivity index is 1.59. The first kappa shape index (κ1) is 11.6. The Morgan fingerprint density at radius 1 is 0.700 bits per heavy atom. The van der Waals surface area contributed by atoms with Crippen LogP contribution in [0.3, 0.4) is 0 Å². The molecule has 0 spiro atoms. The van der Waals surface area contributed by atoms with Crippen LogP contribution in [0, 0.1) is 0 Å². The number of hydrogen-bond donors (Lipinski definition) is 0. The molecule has 2 aromatic heterocycles. The lowest BCUT2D eigenvalue weighted by Gasteiger charge is -2.25. The van der Waals surface area contributed by atoms with Gasteiger partial charge < -0.3 is 9.80 Å². The standard InChI is InChI=1S/C14H16N6/c1-5-15-13(16-6-1)19-9-3-12-11(19)4-10-20(12)14-17-7-2-8-18-14/h1-2,5-8,11-12H,3-4,9-10H2/t11-,12+. The molecule has 0 unspecified atom stereocenters. The van der Waals surface area contributed by atoms with Crippen LogP contribution in [0.1, 0.15) is 12.8 Å². The number of rotatable bonds is 2. The summed E-state index contributed by atoms with van der Waals surface area (Å²) in [5, 5.41) is 0. The summed E-state index contributed by atoms with van der Waals surface area (Å²) >= 11 is 0. The molecule has 0 bridgehead atoms. The molecule has 2 atom stereocenters. The van der Waals surface area contributed by atoms with Gasteiger partial charge in [-0.25, -0.2) is 19.9 Å². The van der Waals surface area contributed by atoms with Crippen LogP contribution in [0.5, 0.6) is 0 Å². The van der Waals surface area contributed by atoms with Gasteiger partial charge in [0, 0.05) is 37.9 Å². The number of aromatic nitrogens is 4. The van der Waals surface area contributed by atoms with Crippen LogP contribution in [0.15, 0.2) is 36.9 Å². The van der Waals surface area contributed by atoms with Crippen LogP contribution in [-0.2, 0) is 0 Å². The highest BCUT2D eigenvalue weighted by Crippen LogP contribution is 2.34. The summed E-state index contributed by atoms with van der Waals surface area (Å²) in [5.41, 5.74) is 0. The number of anilines is 2. The van der Waals surface area contributed by atoms with Crippen molar-refractivity contribution >= 4 is 11.9 Å². The largest absolute Gasteiger partial charge is 0.336 e. The maximum Gasteiger partial charge on any atom is 0.225 e. The number of hydrogen-bond acceptors (Lipinski definition) is 6. The highest BCUT2D eigenvalue weighted by molar-refractivity contribution is 5.43. The summed E-state index contributed by atoms with van der Waals surface area (Å²) in [7, 11) is 0. The summed E-state index contributed by atoms with van der Waals surface area (Å²) in [6.45, 7) is 2.01. The van der Waals surface area contributed by atoms with Gasteiger partial charge in [-0.3, -0.25) is 0 Å². The first-order valence-corrected chi connectivity index (χ1v) is 7.01. The van der Waals surface area contributed by atoms with E-state index in [4.69, 9.17) is 0 Å². The average Bonchev–Trinajstić information content (AvgIpc) is 3.10. The Labute approximate surface area is 117 Å². The molecule has 6 heteroatoms. The fraction of sp³-hybridized carbons (Fsp3) is 0.429. The van der Waals surface area contributed by atoms with Gasteiger partial charge in [0.1, 0.15) is 0 Å². The Bertz CT molecular complexity index is 521. The summed E-state index contributed by atoms with van der Waals surface area (Å²) in [6.07, 6.45) is 9.46. The Hall–Kier alpha value is -2.24. The van der Waals surface area contributed by atoms with E-state index in [9.17, 15) is 0 Å². The van der Waals surface area contributed by atoms with Gasteiger partial charge in [-0.2, -0.15) is 0 Å². The van der Waals surface area contributed by atoms with Gasteiger partial charge in [-0.15, -0.1) is 0 Å². The van der Waals surface area contributed by atoms with E-state index in [-0.39, 0.29) is 0 Å². The van der Waals surface area contributed by atoms with Crippen molar-refractivity contribution < 1.29 is 0 Å². The second-order valence-electron chi connectivity index (χ2n) is 5.20. The smallest absolute Gasteiger partial charge is 0.225 e. The minimum atomic E-state index is 0.473. The van der Waals surface area contributed by atoms with E-state index in [1.807, 2.05) is 36.9 Å². The van der Waals surface area contributed by atoms with E-state index in [0.717, 1.165) is 37.8 Å². The van der Waals surface area contributed by atoms with Crippen LogP contribution in [0.25, 0.3) is 0 Å². The number of nitrogens with zero attached hydrogens (tertiary/aromatic N) is 6. The van der Waals surface area contributed by atoms with E-state index in [1.54, 1.807) is 0 Å². The zero-order chi connectivity index (χ0) is 13.4. The normalized spacial score (nSPS) is 25.0. The van der Waals surface area contributed by atoms with Gasteiger partial charge in [0.2, 0.25) is 11.9 Å². The fourth-order valence-corrected chi connectivity index (χ4v) is 3.36. The molecule has 0 aliphatic carbocycles. The molecular weight excluding hydrogens is 252 g/mol. The summed E-state index contributed by atoms with van der Waals surface area (Å²) in [4.78, 5) is 22.2. The first-order valence-electron chi connectivity index (χ1n) is 7.01. The highest BCUT2D eigenvalue weighted by atomic mass is 15.4. The van der Waals surface area contributed by atoms with Crippen molar-refractivity contribution in [3.05, 3.63) is 36.9 Å². The van der Waals surface area contributed by atoms with Crippen LogP contribution in [-0.4, -0.2) is 45.1 Å². The third kappa shape index (κ3) is 1.79. The van der Waals surface area contributed by atoms with Crippen molar-refractivity contribution in [2.24, 2.45) is 0 Å². The Morgan fingerprint density at radius 3 is 1.50 bits per heavy atom. The lowest BCUT2D eigenvalue weighted by atomic mass is 10.1. The van der Waals surface area contributed by atoms with Crippen molar-refractivity contribution in [3.63, 3.8) is 0 Å². The van der Waals surface area contributed by atoms with Crippen molar-refractivity contribution in [3.8, 4) is 0 Å². The Morgan fingerprint density at radius 2 is 1.10 bits per heavy atom. The minimum absolute atomic E-state index is 0.473. The molecule has 0 aromatic carbocycles. The van der Waals surface area contributed by atoms with Crippen LogP contribution >= 0.6 is 0 Å². The molecule has 20 heavy (non-hydrogen) atoms. The average molecular weight is 268 g/mol. The van der Waals surface area contributed by atoms with Crippen LogP contribution < -0.4 is 9.80 Å². The van der Waals surface area contributed by atoms with Gasteiger partial charge in [-0.1, -0.05) is 0 Å². The molecule has 0 N–H and O–H groups in total. The van der Waals surface area contributed by atoms with Crippen molar-refractivity contribution in [1.82, 2.24) is 19.9 Å². The van der Waals surface area contributed by atoms with Crippen LogP contribution in [0.4, 0.5) is 11.9 Å². The van der Waals surface area contributed by atoms with Gasteiger partial charge in [0.15, 0.2) is 0 Å². The third-order valence-electron chi connectivity index (χ3n) is 4.19. The Kier molecular flexibility index (Phi) is 2.72. The van der Waals surface area contributed by atoms with Crippen molar-refractivity contribution in [1.29, 1.82) is 0 Å². The molecule has 4 rings (SSSR count). The zero-order valence-electron chi connectivity index (χ0n) is 11.1. The molecule has 0 saturated carbocycles. The maximum atomic E-state index is 4.38. The predicted octanol–water partition coefficient (Wildman–Crippen LogP) is 1.12. The third-order valence-corrected chi connectivity index (χ3v) is 4.19. The second-order valence-corrected chi connectivity index (χ2v) is 5.20. The maximum absolute atomic E-state index is 4.38. The summed E-state index contributed by atoms with van der Waals surface area (Å²) in [6, 6.07) is 4.66. The van der Waals surface area contributed by atoms with Gasteiger partial charge in [-0.05, 0) is 25.0 Å². The molecule has 2 aliphatic heterocycles. The molecule has 102 valence electrons. The number of fused-ring (bicyclic) bond motifs is 1. The first-order chi connectivity index (χ1) is 9.93. The van der Waals surface area contributed by atoms with Gasteiger partial charge in [0.25, 0.3) is 0 Å². The monoisotopic (exact) mass is 268 g/mol. The zero-order valence-corrected chi connectivity index (χ0v) is 11.1. The van der Waals surface area contributed by atoms with E-state index >= 15 is 0 Å². The van der Waals surface area contributed by atoms with Crippen LogP contribution in [0.2, 0.25) is 0 Å². The molecule has 2 fully saturated rings. The quantitative estimate of drug-likeness (QED) is 0.813. The topological polar surface area (TPSA) is 58.0 Å². The molecule has 0 amide bonds. The fourth-order valence-electron chi connectivity index (χ4n) is 3.36. The molecule has 2 aromatic rings. The van der Waals surface area contributed by atoms with E-state index < -0.39 is 0 Å². The molecular formula is C14H16N6. The highest BCUT2D eigenvalue weighted by Gasteiger charge is 2.44. The summed E-state index contributed by atoms with van der Waals surface area (Å²) in [5.74, 6) is 1.69. The van der Waals surface area contributed by atoms with E-state index in [0.29, 0.717) is 12.1 Å². The van der Waals surface area contributed by atoms with E-state index in [1.165, 1.54) is 0 Å². The summed E-state index contributed by atoms with van der Waals surface area (Å²) < 4.78 is 0. The minimum Gasteiger partial charge on any atom is -0.336 e. The lowest BCUT2D eigenvalue weighted by molar-refractivity contribution is 0.632. The SMILES string of the molecule is c1cnc(N2CC[C@H]3[C@H]2CCN3c2ncccn2)nc1. The van der Waals surface area contributed by atoms with E-state index in [2.05, 4.69) is 29.7 Å². The molecule has 4 heterocycles. The van der Waals surface area contributed by atoms with Crippen molar-refractivity contribution in [2.75, 3.05) is 22.9 Å². The van der Waals surface area contributed by atoms with Gasteiger partial charge >= 0.3 is 0 Å². The molecule has 2 saturated heterocycles. The lowest BCUT2D eigenvalue weighted by Crippen LogP contribution is -2.37.